The smallest absolute Gasteiger partial charge is 0.230 e. The van der Waals surface area contributed by atoms with Crippen LogP contribution in [0.25, 0.3) is 22.1 Å². The van der Waals surface area contributed by atoms with Crippen molar-refractivity contribution in [1.82, 2.24) is 9.97 Å². The van der Waals surface area contributed by atoms with Crippen LogP contribution in [0.15, 0.2) is 71.6 Å². The summed E-state index contributed by atoms with van der Waals surface area (Å²) in [7, 11) is 0. The predicted octanol–water partition coefficient (Wildman–Crippen LogP) is 4.99. The first-order valence-corrected chi connectivity index (χ1v) is 7.34. The molecule has 0 saturated carbocycles. The number of aryl methyl sites for hydroxylation is 1. The molecule has 4 rings (SSSR count). The Labute approximate surface area is 133 Å². The normalized spacial score (nSPS) is 10.8. The van der Waals surface area contributed by atoms with Gasteiger partial charge in [0.05, 0.1) is 17.3 Å². The molecule has 0 bridgehead atoms. The van der Waals surface area contributed by atoms with E-state index in [1.807, 2.05) is 55.5 Å². The first-order valence-electron chi connectivity index (χ1n) is 7.34. The first-order chi connectivity index (χ1) is 11.3. The monoisotopic (exact) mass is 302 g/mol. The molecule has 0 aliphatic rings. The van der Waals surface area contributed by atoms with Crippen molar-refractivity contribution in [2.24, 2.45) is 0 Å². The average Bonchev–Trinajstić information content (AvgIpc) is 3.06. The van der Waals surface area contributed by atoms with Gasteiger partial charge in [0.15, 0.2) is 0 Å². The van der Waals surface area contributed by atoms with Crippen molar-refractivity contribution in [3.63, 3.8) is 0 Å². The Kier molecular flexibility index (Phi) is 3.27. The number of fused-ring (bicyclic) bond motifs is 1. The van der Waals surface area contributed by atoms with Crippen LogP contribution in [0.4, 0.5) is 0 Å². The molecule has 23 heavy (non-hydrogen) atoms. The van der Waals surface area contributed by atoms with Gasteiger partial charge in [-0.1, -0.05) is 18.2 Å². The van der Waals surface area contributed by atoms with Gasteiger partial charge in [-0.2, -0.15) is 0 Å². The quantitative estimate of drug-likeness (QED) is 0.535. The largest absolute Gasteiger partial charge is 0.463 e. The van der Waals surface area contributed by atoms with Crippen molar-refractivity contribution < 1.29 is 9.15 Å². The summed E-state index contributed by atoms with van der Waals surface area (Å²) < 4.78 is 11.7. The molecule has 4 heteroatoms. The van der Waals surface area contributed by atoms with Crippen LogP contribution in [0.5, 0.6) is 11.6 Å². The van der Waals surface area contributed by atoms with Crippen LogP contribution in [0.1, 0.15) is 5.69 Å². The van der Waals surface area contributed by atoms with E-state index in [9.17, 15) is 0 Å². The van der Waals surface area contributed by atoms with Crippen molar-refractivity contribution >= 4 is 11.0 Å². The van der Waals surface area contributed by atoms with Gasteiger partial charge in [0.25, 0.3) is 0 Å². The minimum atomic E-state index is 0.551. The third-order valence-corrected chi connectivity index (χ3v) is 3.68. The number of hydrogen-bond donors (Lipinski definition) is 0. The second-order valence-electron chi connectivity index (χ2n) is 5.19. The zero-order chi connectivity index (χ0) is 15.6. The van der Waals surface area contributed by atoms with Crippen molar-refractivity contribution in [1.29, 1.82) is 0 Å². The molecule has 0 saturated heterocycles. The van der Waals surface area contributed by atoms with E-state index in [0.29, 0.717) is 5.88 Å². The molecule has 4 nitrogen and oxygen atoms in total. The van der Waals surface area contributed by atoms with Crippen molar-refractivity contribution in [3.05, 3.63) is 72.9 Å². The lowest BCUT2D eigenvalue weighted by molar-refractivity contribution is 0.467. The number of para-hydroxylation sites is 1. The van der Waals surface area contributed by atoms with E-state index in [-0.39, 0.29) is 0 Å². The van der Waals surface area contributed by atoms with Gasteiger partial charge >= 0.3 is 0 Å². The highest BCUT2D eigenvalue weighted by Crippen LogP contribution is 2.37. The lowest BCUT2D eigenvalue weighted by Crippen LogP contribution is -1.94. The molecule has 0 spiro atoms. The van der Waals surface area contributed by atoms with Crippen molar-refractivity contribution in [3.8, 4) is 22.8 Å². The first kappa shape index (κ1) is 13.5. The molecule has 0 N–H and O–H groups in total. The summed E-state index contributed by atoms with van der Waals surface area (Å²) in [6, 6.07) is 15.4. The zero-order valence-corrected chi connectivity index (χ0v) is 12.6. The molecule has 0 aliphatic heterocycles. The highest BCUT2D eigenvalue weighted by Gasteiger charge is 2.17. The Balaban J connectivity index is 1.88. The number of furan rings is 1. The molecule has 0 radical (unpaired) electrons. The van der Waals surface area contributed by atoms with Gasteiger partial charge in [-0.25, -0.2) is 4.98 Å². The van der Waals surface area contributed by atoms with Crippen LogP contribution >= 0.6 is 0 Å². The Morgan fingerprint density at radius 3 is 2.52 bits per heavy atom. The molecular weight excluding hydrogens is 288 g/mol. The van der Waals surface area contributed by atoms with Crippen LogP contribution in [0.2, 0.25) is 0 Å². The molecule has 0 fully saturated rings. The molecule has 0 unspecified atom stereocenters. The molecule has 0 aliphatic carbocycles. The fourth-order valence-corrected chi connectivity index (χ4v) is 2.64. The molecule has 1 aromatic carbocycles. The number of ether oxygens (including phenoxy) is 1. The Morgan fingerprint density at radius 1 is 0.957 bits per heavy atom. The molecular formula is C19H14N2O2. The lowest BCUT2D eigenvalue weighted by Gasteiger charge is -2.11. The number of benzene rings is 1. The minimum Gasteiger partial charge on any atom is -0.463 e. The van der Waals surface area contributed by atoms with Gasteiger partial charge in [-0.15, -0.1) is 0 Å². The highest BCUT2D eigenvalue weighted by atomic mass is 16.5. The van der Waals surface area contributed by atoms with Gasteiger partial charge < -0.3 is 9.15 Å². The Bertz CT molecular complexity index is 947. The van der Waals surface area contributed by atoms with E-state index in [4.69, 9.17) is 9.15 Å². The highest BCUT2D eigenvalue weighted by molar-refractivity contribution is 5.96. The lowest BCUT2D eigenvalue weighted by atomic mass is 10.0. The molecule has 4 aromatic rings. The van der Waals surface area contributed by atoms with E-state index in [1.54, 1.807) is 18.7 Å². The van der Waals surface area contributed by atoms with Gasteiger partial charge in [-0.3, -0.25) is 4.98 Å². The number of nitrogens with zero attached hydrogens (tertiary/aromatic N) is 2. The molecule has 112 valence electrons. The minimum absolute atomic E-state index is 0.551. The van der Waals surface area contributed by atoms with Gasteiger partial charge in [0.1, 0.15) is 11.3 Å². The number of rotatable bonds is 3. The third kappa shape index (κ3) is 2.44. The second-order valence-corrected chi connectivity index (χ2v) is 5.19. The van der Waals surface area contributed by atoms with Crippen molar-refractivity contribution in [2.75, 3.05) is 0 Å². The van der Waals surface area contributed by atoms with E-state index in [1.165, 1.54) is 0 Å². The van der Waals surface area contributed by atoms with E-state index in [2.05, 4.69) is 9.97 Å². The molecule has 3 aromatic heterocycles. The van der Waals surface area contributed by atoms with Crippen LogP contribution in [0, 0.1) is 6.92 Å². The number of pyridine rings is 2. The fraction of sp³-hybridized carbons (Fsp3) is 0.0526. The topological polar surface area (TPSA) is 48.2 Å². The number of aromatic nitrogens is 2. The molecule has 0 atom stereocenters. The maximum atomic E-state index is 5.94. The maximum absolute atomic E-state index is 5.94. The van der Waals surface area contributed by atoms with Crippen LogP contribution in [-0.2, 0) is 0 Å². The summed E-state index contributed by atoms with van der Waals surface area (Å²) in [6.45, 7) is 1.95. The summed E-state index contributed by atoms with van der Waals surface area (Å²) >= 11 is 0. The molecule has 0 amide bonds. The molecule has 3 heterocycles. The summed E-state index contributed by atoms with van der Waals surface area (Å²) in [5, 5.41) is 0.853. The fourth-order valence-electron chi connectivity index (χ4n) is 2.64. The van der Waals surface area contributed by atoms with Crippen LogP contribution < -0.4 is 4.74 Å². The van der Waals surface area contributed by atoms with Crippen molar-refractivity contribution in [2.45, 2.75) is 6.92 Å². The summed E-state index contributed by atoms with van der Waals surface area (Å²) in [5.41, 5.74) is 3.61. The van der Waals surface area contributed by atoms with Gasteiger partial charge in [0.2, 0.25) is 5.88 Å². The maximum Gasteiger partial charge on any atom is 0.230 e. The van der Waals surface area contributed by atoms with Gasteiger partial charge in [0, 0.05) is 18.0 Å². The summed E-state index contributed by atoms with van der Waals surface area (Å²) in [6.07, 6.45) is 5.18. The zero-order valence-electron chi connectivity index (χ0n) is 12.6. The predicted molar refractivity (Wildman–Crippen MR) is 88.5 cm³/mol. The standard InChI is InChI=1S/C19H14N2O2/c1-13-17(14-7-10-20-11-8-14)18-16(9-12-22-18)19(21-13)23-15-5-3-2-4-6-15/h2-12H,1H3. The summed E-state index contributed by atoms with van der Waals surface area (Å²) in [5.74, 6) is 1.30. The second kappa shape index (κ2) is 5.57. The number of hydrogen-bond acceptors (Lipinski definition) is 4. The third-order valence-electron chi connectivity index (χ3n) is 3.68. The Morgan fingerprint density at radius 2 is 1.74 bits per heavy atom. The average molecular weight is 302 g/mol. The van der Waals surface area contributed by atoms with Crippen LogP contribution in [-0.4, -0.2) is 9.97 Å². The summed E-state index contributed by atoms with van der Waals surface area (Å²) in [4.78, 5) is 8.71. The van der Waals surface area contributed by atoms with Gasteiger partial charge in [-0.05, 0) is 42.8 Å². The van der Waals surface area contributed by atoms with E-state index >= 15 is 0 Å². The SMILES string of the molecule is Cc1nc(Oc2ccccc2)c2ccoc2c1-c1ccncc1. The van der Waals surface area contributed by atoms with Crippen LogP contribution in [0.3, 0.4) is 0 Å². The van der Waals surface area contributed by atoms with E-state index in [0.717, 1.165) is 33.5 Å². The van der Waals surface area contributed by atoms with E-state index < -0.39 is 0 Å². The Hall–Kier alpha value is -3.14.